The number of aromatic nitrogens is 1. The van der Waals surface area contributed by atoms with E-state index < -0.39 is 0 Å². The highest BCUT2D eigenvalue weighted by Crippen LogP contribution is 2.39. The van der Waals surface area contributed by atoms with Crippen LogP contribution >= 0.6 is 15.9 Å². The number of carbonyl (C=O) groups excluding carboxylic acids is 1. The average Bonchev–Trinajstić information content (AvgIpc) is 3.32. The number of amides is 1. The second kappa shape index (κ2) is 5.19. The number of fused-ring (bicyclic) bond motifs is 5. The third kappa shape index (κ3) is 2.36. The summed E-state index contributed by atoms with van der Waals surface area (Å²) in [7, 11) is 0. The summed E-state index contributed by atoms with van der Waals surface area (Å²) in [6, 6.07) is 12.4. The number of hydrogen-bond acceptors (Lipinski definition) is 2. The number of halogens is 1. The quantitative estimate of drug-likeness (QED) is 0.657. The van der Waals surface area contributed by atoms with Gasteiger partial charge in [-0.1, -0.05) is 22.0 Å². The molecule has 3 heterocycles. The fraction of sp³-hybridized carbons (Fsp3) is 0.211. The van der Waals surface area contributed by atoms with E-state index in [0.717, 1.165) is 50.9 Å². The third-order valence-corrected chi connectivity index (χ3v) is 5.19. The zero-order valence-electron chi connectivity index (χ0n) is 12.9. The lowest BCUT2D eigenvalue weighted by atomic mass is 10.00. The fourth-order valence-electron chi connectivity index (χ4n) is 3.47. The molecule has 0 spiro atoms. The van der Waals surface area contributed by atoms with E-state index in [1.807, 2.05) is 18.2 Å². The van der Waals surface area contributed by atoms with Crippen molar-refractivity contribution in [1.82, 2.24) is 4.98 Å². The lowest BCUT2D eigenvalue weighted by Crippen LogP contribution is -2.12. The van der Waals surface area contributed by atoms with Gasteiger partial charge in [0.2, 0.25) is 5.91 Å². The highest BCUT2D eigenvalue weighted by molar-refractivity contribution is 9.10. The maximum Gasteiger partial charge on any atom is 0.228 e. The lowest BCUT2D eigenvalue weighted by molar-refractivity contribution is -0.115. The molecule has 0 aliphatic carbocycles. The van der Waals surface area contributed by atoms with E-state index in [4.69, 9.17) is 4.74 Å². The molecule has 1 amide bonds. The monoisotopic (exact) mass is 382 g/mol. The first kappa shape index (κ1) is 14.3. The Morgan fingerprint density at radius 3 is 2.92 bits per heavy atom. The van der Waals surface area contributed by atoms with Crippen LogP contribution in [0.15, 0.2) is 40.9 Å². The number of ether oxygens (including phenoxy) is 1. The second-order valence-electron chi connectivity index (χ2n) is 6.43. The first-order valence-corrected chi connectivity index (χ1v) is 8.81. The summed E-state index contributed by atoms with van der Waals surface area (Å²) in [4.78, 5) is 15.9. The molecule has 0 bridgehead atoms. The molecule has 2 N–H and O–H groups in total. The molecule has 120 valence electrons. The van der Waals surface area contributed by atoms with Gasteiger partial charge in [0.05, 0.1) is 30.5 Å². The van der Waals surface area contributed by atoms with Crippen LogP contribution in [0.3, 0.4) is 0 Å². The smallest absolute Gasteiger partial charge is 0.228 e. The SMILES string of the molecule is O=C1Cc2c([nH]c3ccc(Br)cc23)-c2cc(CC3CO3)ccc2N1. The number of epoxide rings is 1. The molecular formula is C19H15BrN2O2. The summed E-state index contributed by atoms with van der Waals surface area (Å²) in [5.41, 5.74) is 6.31. The third-order valence-electron chi connectivity index (χ3n) is 4.70. The van der Waals surface area contributed by atoms with E-state index in [9.17, 15) is 4.79 Å². The normalized spacial score (nSPS) is 18.7. The lowest BCUT2D eigenvalue weighted by Gasteiger charge is -2.09. The van der Waals surface area contributed by atoms with Crippen LogP contribution < -0.4 is 5.32 Å². The molecular weight excluding hydrogens is 368 g/mol. The van der Waals surface area contributed by atoms with E-state index in [1.165, 1.54) is 5.56 Å². The number of H-pyrrole nitrogens is 1. The Morgan fingerprint density at radius 1 is 1.21 bits per heavy atom. The van der Waals surface area contributed by atoms with Gasteiger partial charge < -0.3 is 15.0 Å². The van der Waals surface area contributed by atoms with Crippen molar-refractivity contribution in [2.45, 2.75) is 18.9 Å². The minimum Gasteiger partial charge on any atom is -0.373 e. The van der Waals surface area contributed by atoms with Crippen molar-refractivity contribution >= 4 is 38.4 Å². The molecule has 5 heteroatoms. The zero-order chi connectivity index (χ0) is 16.3. The molecule has 1 aromatic heterocycles. The van der Waals surface area contributed by atoms with Crippen molar-refractivity contribution in [3.05, 3.63) is 52.0 Å². The van der Waals surface area contributed by atoms with Gasteiger partial charge in [0.1, 0.15) is 0 Å². The van der Waals surface area contributed by atoms with Crippen LogP contribution in [-0.2, 0) is 22.4 Å². The van der Waals surface area contributed by atoms with Gasteiger partial charge >= 0.3 is 0 Å². The minimum absolute atomic E-state index is 0.0224. The van der Waals surface area contributed by atoms with Crippen molar-refractivity contribution in [1.29, 1.82) is 0 Å². The standard InChI is InChI=1S/C19H15BrN2O2/c20-11-2-4-16-13(7-11)14-8-18(23)21-17-3-1-10(5-12-9-24-12)6-15(17)19(14)22-16/h1-4,6-7,12,22H,5,8-9H2,(H,21,23). The van der Waals surface area contributed by atoms with E-state index in [0.29, 0.717) is 12.5 Å². The van der Waals surface area contributed by atoms with Gasteiger partial charge in [0.25, 0.3) is 0 Å². The summed E-state index contributed by atoms with van der Waals surface area (Å²) in [5, 5.41) is 4.12. The van der Waals surface area contributed by atoms with Crippen molar-refractivity contribution < 1.29 is 9.53 Å². The molecule has 24 heavy (non-hydrogen) atoms. The van der Waals surface area contributed by atoms with Crippen LogP contribution in [-0.4, -0.2) is 23.6 Å². The Balaban J connectivity index is 1.73. The van der Waals surface area contributed by atoms with Gasteiger partial charge in [-0.2, -0.15) is 0 Å². The number of anilines is 1. The molecule has 2 aromatic carbocycles. The first-order valence-electron chi connectivity index (χ1n) is 8.02. The molecule has 1 fully saturated rings. The number of nitrogens with one attached hydrogen (secondary N) is 2. The molecule has 1 saturated heterocycles. The second-order valence-corrected chi connectivity index (χ2v) is 7.35. The predicted molar refractivity (Wildman–Crippen MR) is 97.2 cm³/mol. The van der Waals surface area contributed by atoms with Gasteiger partial charge in [0, 0.05) is 27.4 Å². The molecule has 2 aliphatic rings. The van der Waals surface area contributed by atoms with Gasteiger partial charge in [-0.15, -0.1) is 0 Å². The number of hydrogen-bond donors (Lipinski definition) is 2. The van der Waals surface area contributed by atoms with Gasteiger partial charge in [0.15, 0.2) is 0 Å². The molecule has 3 aromatic rings. The van der Waals surface area contributed by atoms with E-state index in [1.54, 1.807) is 0 Å². The summed E-state index contributed by atoms with van der Waals surface area (Å²) in [6.07, 6.45) is 1.64. The number of benzene rings is 2. The highest BCUT2D eigenvalue weighted by Gasteiger charge is 2.26. The number of carbonyl (C=O) groups is 1. The van der Waals surface area contributed by atoms with Crippen LogP contribution in [0.4, 0.5) is 5.69 Å². The average molecular weight is 383 g/mol. The van der Waals surface area contributed by atoms with E-state index in [-0.39, 0.29) is 5.91 Å². The van der Waals surface area contributed by atoms with Crippen LogP contribution in [0.2, 0.25) is 0 Å². The van der Waals surface area contributed by atoms with Crippen LogP contribution in [0.25, 0.3) is 22.2 Å². The van der Waals surface area contributed by atoms with Crippen LogP contribution in [0.5, 0.6) is 0 Å². The maximum absolute atomic E-state index is 12.4. The van der Waals surface area contributed by atoms with Gasteiger partial charge in [-0.25, -0.2) is 0 Å². The van der Waals surface area contributed by atoms with Crippen molar-refractivity contribution in [3.8, 4) is 11.3 Å². The Morgan fingerprint density at radius 2 is 2.08 bits per heavy atom. The van der Waals surface area contributed by atoms with E-state index >= 15 is 0 Å². The molecule has 1 unspecified atom stereocenters. The summed E-state index contributed by atoms with van der Waals surface area (Å²) in [6.45, 7) is 0.847. The Labute approximate surface area is 147 Å². The Hall–Kier alpha value is -2.11. The van der Waals surface area contributed by atoms with Crippen LogP contribution in [0, 0.1) is 0 Å². The van der Waals surface area contributed by atoms with Crippen molar-refractivity contribution in [3.63, 3.8) is 0 Å². The van der Waals surface area contributed by atoms with Crippen LogP contribution in [0.1, 0.15) is 11.1 Å². The zero-order valence-corrected chi connectivity index (χ0v) is 14.4. The first-order chi connectivity index (χ1) is 11.7. The Bertz CT molecular complexity index is 988. The number of aromatic amines is 1. The maximum atomic E-state index is 12.4. The largest absolute Gasteiger partial charge is 0.373 e. The fourth-order valence-corrected chi connectivity index (χ4v) is 3.83. The summed E-state index contributed by atoms with van der Waals surface area (Å²) in [5.74, 6) is 0.0224. The molecule has 1 atom stereocenters. The molecule has 2 aliphatic heterocycles. The van der Waals surface area contributed by atoms with Crippen molar-refractivity contribution in [2.75, 3.05) is 11.9 Å². The predicted octanol–water partition coefficient (Wildman–Crippen LogP) is 4.03. The Kier molecular flexibility index (Phi) is 3.08. The number of rotatable bonds is 2. The topological polar surface area (TPSA) is 57.4 Å². The molecule has 5 rings (SSSR count). The van der Waals surface area contributed by atoms with Crippen molar-refractivity contribution in [2.24, 2.45) is 0 Å². The summed E-state index contributed by atoms with van der Waals surface area (Å²) < 4.78 is 6.36. The minimum atomic E-state index is 0.0224. The summed E-state index contributed by atoms with van der Waals surface area (Å²) >= 11 is 3.53. The highest BCUT2D eigenvalue weighted by atomic mass is 79.9. The van der Waals surface area contributed by atoms with Gasteiger partial charge in [-0.05, 0) is 41.5 Å². The molecule has 4 nitrogen and oxygen atoms in total. The van der Waals surface area contributed by atoms with E-state index in [2.05, 4.69) is 44.4 Å². The van der Waals surface area contributed by atoms with Gasteiger partial charge in [-0.3, -0.25) is 4.79 Å². The molecule has 0 radical (unpaired) electrons. The molecule has 0 saturated carbocycles.